The van der Waals surface area contributed by atoms with Crippen molar-refractivity contribution in [2.24, 2.45) is 5.73 Å². The van der Waals surface area contributed by atoms with Crippen molar-refractivity contribution in [2.45, 2.75) is 155 Å². The number of aliphatic hydroxyl groups excluding tert-OH is 1. The number of nitrogens with zero attached hydrogens (tertiary/aromatic N) is 1. The van der Waals surface area contributed by atoms with E-state index in [-0.39, 0.29) is 56.5 Å². The first kappa shape index (κ1) is 63.5. The number of carbonyl (C=O) groups is 4. The third kappa shape index (κ3) is 50.9. The molecule has 0 amide bonds. The van der Waals surface area contributed by atoms with E-state index in [4.69, 9.17) is 53.1 Å². The van der Waals surface area contributed by atoms with Crippen LogP contribution in [-0.4, -0.2) is 172 Å². The molecule has 17 heteroatoms. The number of hydrogen-bond donors (Lipinski definition) is 2. The number of esters is 4. The summed E-state index contributed by atoms with van der Waals surface area (Å²) in [6.45, 7) is 13.7. The Bertz CT molecular complexity index is 998. The van der Waals surface area contributed by atoms with Crippen LogP contribution in [0.25, 0.3) is 0 Å². The van der Waals surface area contributed by atoms with E-state index >= 15 is 0 Å². The SMILES string of the molecule is CCCOCCCOCCCOCCCCCCC(=O)OCCCCOC(=O)CCN(CCCCO)CCC(=O)OCCCCOC(=O)CCCCCCOCCCOCCCOCCN. The standard InChI is InChI=1S/C49H94N2O15/c1-2-30-57-33-17-36-60-37-18-34-58-31-11-5-3-7-21-46(53)63-41-13-15-43-65-48(55)23-27-51(26-9-10-29-52)28-24-49(56)66-44-16-14-42-64-47(54)22-8-4-6-12-32-59-35-19-38-61-39-20-40-62-45-25-50/h52H,2-45,50H2,1H3. The quantitative estimate of drug-likeness (QED) is 0.0378. The Morgan fingerprint density at radius 3 is 1.03 bits per heavy atom. The highest BCUT2D eigenvalue weighted by Gasteiger charge is 2.13. The van der Waals surface area contributed by atoms with Gasteiger partial charge in [0.1, 0.15) is 0 Å². The summed E-state index contributed by atoms with van der Waals surface area (Å²) in [6.07, 6.45) is 16.9. The zero-order chi connectivity index (χ0) is 48.1. The van der Waals surface area contributed by atoms with Crippen LogP contribution in [-0.2, 0) is 66.5 Å². The monoisotopic (exact) mass is 951 g/mol. The summed E-state index contributed by atoms with van der Waals surface area (Å²) in [4.78, 5) is 50.9. The maximum Gasteiger partial charge on any atom is 0.307 e. The van der Waals surface area contributed by atoms with Crippen molar-refractivity contribution < 1.29 is 71.7 Å². The van der Waals surface area contributed by atoms with Crippen molar-refractivity contribution in [1.29, 1.82) is 0 Å². The maximum absolute atomic E-state index is 12.4. The molecule has 0 radical (unpaired) electrons. The molecule has 0 aromatic heterocycles. The predicted molar refractivity (Wildman–Crippen MR) is 253 cm³/mol. The Morgan fingerprint density at radius 1 is 0.348 bits per heavy atom. The summed E-state index contributed by atoms with van der Waals surface area (Å²) in [5.74, 6) is -1.06. The first-order chi connectivity index (χ1) is 32.4. The highest BCUT2D eigenvalue weighted by atomic mass is 16.5. The van der Waals surface area contributed by atoms with E-state index in [1.165, 1.54) is 0 Å². The van der Waals surface area contributed by atoms with E-state index in [0.29, 0.717) is 137 Å². The molecule has 0 fully saturated rings. The lowest BCUT2D eigenvalue weighted by atomic mass is 10.1. The van der Waals surface area contributed by atoms with Crippen molar-refractivity contribution in [3.05, 3.63) is 0 Å². The fraction of sp³-hybridized carbons (Fsp3) is 0.918. The van der Waals surface area contributed by atoms with E-state index in [2.05, 4.69) is 6.92 Å². The van der Waals surface area contributed by atoms with Gasteiger partial charge in [-0.15, -0.1) is 0 Å². The van der Waals surface area contributed by atoms with Crippen LogP contribution in [0.5, 0.6) is 0 Å². The lowest BCUT2D eigenvalue weighted by Crippen LogP contribution is -2.31. The zero-order valence-corrected chi connectivity index (χ0v) is 41.3. The summed E-state index contributed by atoms with van der Waals surface area (Å²) in [6, 6.07) is 0. The average molecular weight is 951 g/mol. The van der Waals surface area contributed by atoms with Crippen LogP contribution in [0.1, 0.15) is 155 Å². The Labute approximate surface area is 398 Å². The largest absolute Gasteiger partial charge is 0.466 e. The third-order valence-corrected chi connectivity index (χ3v) is 10.0. The van der Waals surface area contributed by atoms with E-state index in [1.807, 2.05) is 4.90 Å². The molecule has 390 valence electrons. The summed E-state index contributed by atoms with van der Waals surface area (Å²) in [7, 11) is 0. The van der Waals surface area contributed by atoms with Gasteiger partial charge in [-0.3, -0.25) is 19.2 Å². The van der Waals surface area contributed by atoms with Crippen molar-refractivity contribution in [1.82, 2.24) is 4.90 Å². The Kier molecular flexibility index (Phi) is 51.5. The normalized spacial score (nSPS) is 11.3. The number of aliphatic hydroxyl groups is 1. The number of hydrogen-bond acceptors (Lipinski definition) is 17. The molecular formula is C49H94N2O15. The van der Waals surface area contributed by atoms with Gasteiger partial charge in [0, 0.05) is 112 Å². The molecule has 0 aromatic rings. The van der Waals surface area contributed by atoms with E-state index in [0.717, 1.165) is 116 Å². The number of ether oxygens (including phenoxy) is 10. The summed E-state index contributed by atoms with van der Waals surface area (Å²) < 4.78 is 54.6. The first-order valence-electron chi connectivity index (χ1n) is 25.5. The molecule has 0 saturated heterocycles. The van der Waals surface area contributed by atoms with Crippen molar-refractivity contribution in [2.75, 3.05) is 138 Å². The van der Waals surface area contributed by atoms with Crippen LogP contribution in [0, 0.1) is 0 Å². The van der Waals surface area contributed by atoms with Gasteiger partial charge < -0.3 is 63.1 Å². The molecule has 0 atom stereocenters. The van der Waals surface area contributed by atoms with Crippen molar-refractivity contribution in [3.8, 4) is 0 Å². The van der Waals surface area contributed by atoms with Crippen molar-refractivity contribution >= 4 is 23.9 Å². The van der Waals surface area contributed by atoms with Crippen molar-refractivity contribution in [3.63, 3.8) is 0 Å². The first-order valence-corrected chi connectivity index (χ1v) is 25.5. The van der Waals surface area contributed by atoms with Crippen LogP contribution in [0.3, 0.4) is 0 Å². The molecule has 0 spiro atoms. The highest BCUT2D eigenvalue weighted by molar-refractivity contribution is 5.70. The average Bonchev–Trinajstić information content (AvgIpc) is 3.31. The van der Waals surface area contributed by atoms with Gasteiger partial charge in [0.15, 0.2) is 0 Å². The summed E-state index contributed by atoms with van der Waals surface area (Å²) >= 11 is 0. The topological polar surface area (TPSA) is 210 Å². The van der Waals surface area contributed by atoms with Gasteiger partial charge in [-0.05, 0) is 103 Å². The second-order valence-corrected chi connectivity index (χ2v) is 16.3. The van der Waals surface area contributed by atoms with Crippen LogP contribution in [0.15, 0.2) is 0 Å². The lowest BCUT2D eigenvalue weighted by molar-refractivity contribution is -0.147. The van der Waals surface area contributed by atoms with Gasteiger partial charge in [-0.1, -0.05) is 32.6 Å². The fourth-order valence-electron chi connectivity index (χ4n) is 6.27. The van der Waals surface area contributed by atoms with Gasteiger partial charge in [0.2, 0.25) is 0 Å². The Balaban J connectivity index is 3.76. The molecule has 17 nitrogen and oxygen atoms in total. The number of carbonyl (C=O) groups excluding carboxylic acids is 4. The minimum atomic E-state index is -0.327. The van der Waals surface area contributed by atoms with Crippen LogP contribution >= 0.6 is 0 Å². The molecule has 0 rings (SSSR count). The maximum atomic E-state index is 12.4. The van der Waals surface area contributed by atoms with E-state index in [9.17, 15) is 24.3 Å². The number of unbranched alkanes of at least 4 members (excludes halogenated alkanes) is 9. The Hall–Kier alpha value is -2.48. The molecule has 0 aromatic carbocycles. The zero-order valence-electron chi connectivity index (χ0n) is 41.3. The smallest absolute Gasteiger partial charge is 0.307 e. The predicted octanol–water partition coefficient (Wildman–Crippen LogP) is 6.50. The fourth-order valence-corrected chi connectivity index (χ4v) is 6.27. The minimum absolute atomic E-state index is 0.0784. The molecule has 66 heavy (non-hydrogen) atoms. The lowest BCUT2D eigenvalue weighted by Gasteiger charge is -2.21. The number of rotatable bonds is 54. The second-order valence-electron chi connectivity index (χ2n) is 16.3. The number of nitrogens with two attached hydrogens (primary N) is 1. The van der Waals surface area contributed by atoms with Crippen LogP contribution < -0.4 is 5.73 Å². The molecule has 0 aliphatic rings. The molecule has 3 N–H and O–H groups in total. The molecule has 0 aliphatic heterocycles. The highest BCUT2D eigenvalue weighted by Crippen LogP contribution is 2.08. The van der Waals surface area contributed by atoms with Gasteiger partial charge >= 0.3 is 23.9 Å². The molecule has 0 aliphatic carbocycles. The van der Waals surface area contributed by atoms with Gasteiger partial charge in [0.25, 0.3) is 0 Å². The molecule has 0 saturated carbocycles. The molecule has 0 unspecified atom stereocenters. The minimum Gasteiger partial charge on any atom is -0.466 e. The third-order valence-electron chi connectivity index (χ3n) is 10.0. The molecule has 0 heterocycles. The van der Waals surface area contributed by atoms with E-state index in [1.54, 1.807) is 0 Å². The molecule has 0 bridgehead atoms. The Morgan fingerprint density at radius 2 is 0.667 bits per heavy atom. The summed E-state index contributed by atoms with van der Waals surface area (Å²) in [5, 5.41) is 9.21. The summed E-state index contributed by atoms with van der Waals surface area (Å²) in [5.41, 5.74) is 5.38. The molecular weight excluding hydrogens is 857 g/mol. The van der Waals surface area contributed by atoms with Crippen LogP contribution in [0.2, 0.25) is 0 Å². The van der Waals surface area contributed by atoms with E-state index < -0.39 is 0 Å². The van der Waals surface area contributed by atoms with Gasteiger partial charge in [0.05, 0.1) is 45.9 Å². The van der Waals surface area contributed by atoms with Gasteiger partial charge in [-0.25, -0.2) is 0 Å². The van der Waals surface area contributed by atoms with Gasteiger partial charge in [-0.2, -0.15) is 0 Å². The van der Waals surface area contributed by atoms with Crippen LogP contribution in [0.4, 0.5) is 0 Å². The second kappa shape index (κ2) is 53.5.